The Morgan fingerprint density at radius 1 is 1.11 bits per heavy atom. The molecule has 0 saturated heterocycles. The lowest BCUT2D eigenvalue weighted by molar-refractivity contribution is 0.548. The molecule has 1 aromatic heterocycles. The monoisotopic (exact) mass is 249 g/mol. The summed E-state index contributed by atoms with van der Waals surface area (Å²) in [5.41, 5.74) is 1.10. The molecule has 0 spiro atoms. The first-order valence-corrected chi connectivity index (χ1v) is 6.88. The van der Waals surface area contributed by atoms with Crippen molar-refractivity contribution in [3.63, 3.8) is 0 Å². The maximum atomic E-state index is 4.73. The van der Waals surface area contributed by atoms with Gasteiger partial charge in [0.2, 0.25) is 0 Å². The third-order valence-corrected chi connectivity index (χ3v) is 2.65. The number of aromatic nitrogens is 1. The van der Waals surface area contributed by atoms with Crippen LogP contribution in [-0.4, -0.2) is 25.1 Å². The Morgan fingerprint density at radius 3 is 2.22 bits per heavy atom. The van der Waals surface area contributed by atoms with Crippen molar-refractivity contribution in [3.8, 4) is 0 Å². The van der Waals surface area contributed by atoms with Gasteiger partial charge in [0.25, 0.3) is 0 Å². The fourth-order valence-corrected chi connectivity index (χ4v) is 2.07. The van der Waals surface area contributed by atoms with Crippen LogP contribution in [0.2, 0.25) is 0 Å². The van der Waals surface area contributed by atoms with Gasteiger partial charge in [-0.3, -0.25) is 0 Å². The molecule has 18 heavy (non-hydrogen) atoms. The largest absolute Gasteiger partial charge is 0.356 e. The zero-order chi connectivity index (χ0) is 13.5. The zero-order valence-corrected chi connectivity index (χ0v) is 12.4. The Morgan fingerprint density at radius 2 is 1.72 bits per heavy atom. The molecule has 102 valence electrons. The molecule has 0 radical (unpaired) electrons. The molecule has 3 nitrogen and oxygen atoms in total. The SMILES string of the molecule is CNCc1cccc(N(CC(C)C)CC(C)C)n1. The van der Waals surface area contributed by atoms with Crippen LogP contribution in [0.1, 0.15) is 33.4 Å². The molecule has 0 aromatic carbocycles. The van der Waals surface area contributed by atoms with Gasteiger partial charge in [0.05, 0.1) is 5.69 Å². The minimum atomic E-state index is 0.651. The lowest BCUT2D eigenvalue weighted by atomic mass is 10.1. The molecule has 0 aliphatic rings. The van der Waals surface area contributed by atoms with Gasteiger partial charge in [-0.25, -0.2) is 4.98 Å². The van der Waals surface area contributed by atoms with Crippen LogP contribution in [0.3, 0.4) is 0 Å². The van der Waals surface area contributed by atoms with E-state index in [4.69, 9.17) is 4.98 Å². The van der Waals surface area contributed by atoms with Crippen LogP contribution in [0.15, 0.2) is 18.2 Å². The number of rotatable bonds is 7. The number of hydrogen-bond acceptors (Lipinski definition) is 3. The van der Waals surface area contributed by atoms with E-state index in [2.05, 4.69) is 56.1 Å². The quantitative estimate of drug-likeness (QED) is 0.805. The van der Waals surface area contributed by atoms with Gasteiger partial charge in [-0.15, -0.1) is 0 Å². The van der Waals surface area contributed by atoms with Crippen molar-refractivity contribution < 1.29 is 0 Å². The molecule has 0 saturated carbocycles. The van der Waals surface area contributed by atoms with Gasteiger partial charge < -0.3 is 10.2 Å². The summed E-state index contributed by atoms with van der Waals surface area (Å²) < 4.78 is 0. The first-order chi connectivity index (χ1) is 8.52. The summed E-state index contributed by atoms with van der Waals surface area (Å²) in [4.78, 5) is 7.13. The van der Waals surface area contributed by atoms with E-state index in [-0.39, 0.29) is 0 Å². The standard InChI is InChI=1S/C15H27N3/c1-12(2)10-18(11-13(3)4)15-8-6-7-14(17-15)9-16-5/h6-8,12-13,16H,9-11H2,1-5H3. The first-order valence-electron chi connectivity index (χ1n) is 6.88. The Hall–Kier alpha value is -1.09. The second-order valence-electron chi connectivity index (χ2n) is 5.71. The van der Waals surface area contributed by atoms with Gasteiger partial charge in [0, 0.05) is 19.6 Å². The van der Waals surface area contributed by atoms with E-state index in [1.807, 2.05) is 7.05 Å². The summed E-state index contributed by atoms with van der Waals surface area (Å²) in [5, 5.41) is 3.15. The fraction of sp³-hybridized carbons (Fsp3) is 0.667. The van der Waals surface area contributed by atoms with Crippen molar-refractivity contribution in [2.45, 2.75) is 34.2 Å². The number of nitrogens with one attached hydrogen (secondary N) is 1. The van der Waals surface area contributed by atoms with Gasteiger partial charge >= 0.3 is 0 Å². The van der Waals surface area contributed by atoms with Gasteiger partial charge in [-0.1, -0.05) is 33.8 Å². The minimum Gasteiger partial charge on any atom is -0.356 e. The highest BCUT2D eigenvalue weighted by molar-refractivity contribution is 5.39. The summed E-state index contributed by atoms with van der Waals surface area (Å²) in [6, 6.07) is 6.29. The highest BCUT2D eigenvalue weighted by Gasteiger charge is 2.11. The summed E-state index contributed by atoms with van der Waals surface area (Å²) in [6.45, 7) is 12.0. The van der Waals surface area contributed by atoms with Crippen molar-refractivity contribution in [1.29, 1.82) is 0 Å². The molecule has 0 atom stereocenters. The van der Waals surface area contributed by atoms with Crippen LogP contribution in [0.4, 0.5) is 5.82 Å². The summed E-state index contributed by atoms with van der Waals surface area (Å²) in [6.07, 6.45) is 0. The fourth-order valence-electron chi connectivity index (χ4n) is 2.07. The lowest BCUT2D eigenvalue weighted by Crippen LogP contribution is -2.32. The Balaban J connectivity index is 2.85. The molecule has 1 N–H and O–H groups in total. The van der Waals surface area contributed by atoms with E-state index in [0.717, 1.165) is 31.1 Å². The van der Waals surface area contributed by atoms with E-state index in [1.54, 1.807) is 0 Å². The molecule has 0 bridgehead atoms. The van der Waals surface area contributed by atoms with Crippen molar-refractivity contribution in [2.75, 3.05) is 25.0 Å². The molecule has 1 heterocycles. The third-order valence-electron chi connectivity index (χ3n) is 2.65. The number of nitrogens with zero attached hydrogens (tertiary/aromatic N) is 2. The molecule has 0 fully saturated rings. The summed E-state index contributed by atoms with van der Waals surface area (Å²) in [7, 11) is 1.95. The van der Waals surface area contributed by atoms with Gasteiger partial charge in [-0.2, -0.15) is 0 Å². The minimum absolute atomic E-state index is 0.651. The van der Waals surface area contributed by atoms with Crippen LogP contribution >= 0.6 is 0 Å². The van der Waals surface area contributed by atoms with Crippen molar-refractivity contribution in [2.24, 2.45) is 11.8 Å². The normalized spacial score (nSPS) is 11.3. The number of hydrogen-bond donors (Lipinski definition) is 1. The van der Waals surface area contributed by atoms with Gasteiger partial charge in [0.15, 0.2) is 0 Å². The summed E-state index contributed by atoms with van der Waals surface area (Å²) >= 11 is 0. The van der Waals surface area contributed by atoms with E-state index >= 15 is 0 Å². The molecule has 3 heteroatoms. The van der Waals surface area contributed by atoms with Gasteiger partial charge in [-0.05, 0) is 31.0 Å². The maximum Gasteiger partial charge on any atom is 0.128 e. The molecule has 1 aromatic rings. The van der Waals surface area contributed by atoms with Crippen LogP contribution < -0.4 is 10.2 Å². The zero-order valence-electron chi connectivity index (χ0n) is 12.4. The Bertz CT molecular complexity index is 337. The topological polar surface area (TPSA) is 28.2 Å². The molecule has 0 aliphatic carbocycles. The van der Waals surface area contributed by atoms with Crippen LogP contribution in [-0.2, 0) is 6.54 Å². The average Bonchev–Trinajstić information content (AvgIpc) is 2.28. The Kier molecular flexibility index (Phi) is 6.13. The third kappa shape index (κ3) is 5.05. The predicted octanol–water partition coefficient (Wildman–Crippen LogP) is 2.92. The van der Waals surface area contributed by atoms with Crippen LogP contribution in [0.5, 0.6) is 0 Å². The second-order valence-corrected chi connectivity index (χ2v) is 5.71. The summed E-state index contributed by atoms with van der Waals surface area (Å²) in [5.74, 6) is 2.40. The second kappa shape index (κ2) is 7.37. The van der Waals surface area contributed by atoms with E-state index in [9.17, 15) is 0 Å². The smallest absolute Gasteiger partial charge is 0.128 e. The molecular formula is C15H27N3. The van der Waals surface area contributed by atoms with E-state index in [1.165, 1.54) is 0 Å². The van der Waals surface area contributed by atoms with Crippen molar-refractivity contribution >= 4 is 5.82 Å². The van der Waals surface area contributed by atoms with E-state index < -0.39 is 0 Å². The highest BCUT2D eigenvalue weighted by atomic mass is 15.2. The number of pyridine rings is 1. The van der Waals surface area contributed by atoms with Crippen molar-refractivity contribution in [1.82, 2.24) is 10.3 Å². The number of anilines is 1. The average molecular weight is 249 g/mol. The van der Waals surface area contributed by atoms with Gasteiger partial charge in [0.1, 0.15) is 5.82 Å². The molecule has 0 aliphatic heterocycles. The van der Waals surface area contributed by atoms with E-state index in [0.29, 0.717) is 11.8 Å². The molecule has 0 unspecified atom stereocenters. The predicted molar refractivity (Wildman–Crippen MR) is 78.9 cm³/mol. The first kappa shape index (κ1) is 15.0. The lowest BCUT2D eigenvalue weighted by Gasteiger charge is -2.27. The van der Waals surface area contributed by atoms with Crippen LogP contribution in [0.25, 0.3) is 0 Å². The van der Waals surface area contributed by atoms with Crippen molar-refractivity contribution in [3.05, 3.63) is 23.9 Å². The molecular weight excluding hydrogens is 222 g/mol. The Labute approximate surface area is 112 Å². The highest BCUT2D eigenvalue weighted by Crippen LogP contribution is 2.15. The molecule has 1 rings (SSSR count). The maximum absolute atomic E-state index is 4.73. The molecule has 0 amide bonds. The van der Waals surface area contributed by atoms with Crippen LogP contribution in [0, 0.1) is 11.8 Å².